The van der Waals surface area contributed by atoms with Crippen molar-refractivity contribution in [3.8, 4) is 11.4 Å². The van der Waals surface area contributed by atoms with E-state index in [0.717, 1.165) is 16.9 Å². The quantitative estimate of drug-likeness (QED) is 0.427. The second kappa shape index (κ2) is 7.58. The van der Waals surface area contributed by atoms with Crippen molar-refractivity contribution in [2.75, 3.05) is 0 Å². The Bertz CT molecular complexity index is 1050. The van der Waals surface area contributed by atoms with Crippen LogP contribution >= 0.6 is 0 Å². The van der Waals surface area contributed by atoms with E-state index >= 15 is 0 Å². The lowest BCUT2D eigenvalue weighted by Crippen LogP contribution is -2.17. The molecule has 5 heteroatoms. The van der Waals surface area contributed by atoms with Crippen LogP contribution in [0.5, 0.6) is 0 Å². The molecule has 0 atom stereocenters. The van der Waals surface area contributed by atoms with Crippen LogP contribution in [0.3, 0.4) is 0 Å². The van der Waals surface area contributed by atoms with Crippen LogP contribution in [0.4, 0.5) is 0 Å². The van der Waals surface area contributed by atoms with Crippen LogP contribution in [0.15, 0.2) is 103 Å². The summed E-state index contributed by atoms with van der Waals surface area (Å²) in [5.41, 5.74) is 6.11. The predicted octanol–water partition coefficient (Wildman–Crippen LogP) is 4.03. The van der Waals surface area contributed by atoms with Crippen molar-refractivity contribution in [3.63, 3.8) is 0 Å². The molecule has 4 aromatic rings. The molecule has 0 radical (unpaired) electrons. The summed E-state index contributed by atoms with van der Waals surface area (Å²) in [5, 5.41) is 4.05. The third kappa shape index (κ3) is 3.88. The zero-order chi connectivity index (χ0) is 18.5. The van der Waals surface area contributed by atoms with E-state index < -0.39 is 0 Å². The summed E-state index contributed by atoms with van der Waals surface area (Å²) in [7, 11) is 0. The third-order valence-corrected chi connectivity index (χ3v) is 4.18. The van der Waals surface area contributed by atoms with Gasteiger partial charge in [0.15, 0.2) is 0 Å². The molecule has 5 nitrogen and oxygen atoms in total. The normalized spacial score (nSPS) is 11.0. The summed E-state index contributed by atoms with van der Waals surface area (Å²) in [4.78, 5) is 12.2. The molecule has 1 amide bonds. The summed E-state index contributed by atoms with van der Waals surface area (Å²) in [6.07, 6.45) is 9.46. The van der Waals surface area contributed by atoms with E-state index in [1.54, 1.807) is 18.3 Å². The highest BCUT2D eigenvalue weighted by atomic mass is 16.2. The lowest BCUT2D eigenvalue weighted by molar-refractivity contribution is 0.0955. The molecule has 2 aromatic heterocycles. The monoisotopic (exact) mass is 354 g/mol. The van der Waals surface area contributed by atoms with Gasteiger partial charge in [0.2, 0.25) is 0 Å². The largest absolute Gasteiger partial charge is 0.324 e. The van der Waals surface area contributed by atoms with E-state index in [1.807, 2.05) is 94.6 Å². The highest BCUT2D eigenvalue weighted by Crippen LogP contribution is 2.11. The van der Waals surface area contributed by atoms with E-state index in [-0.39, 0.29) is 5.91 Å². The molecule has 1 N–H and O–H groups in total. The first-order valence-corrected chi connectivity index (χ1v) is 8.60. The Morgan fingerprint density at radius 3 is 2.22 bits per heavy atom. The van der Waals surface area contributed by atoms with Gasteiger partial charge in [-0.3, -0.25) is 4.79 Å². The number of hydrogen-bond donors (Lipinski definition) is 1. The second-order valence-electron chi connectivity index (χ2n) is 6.02. The molecule has 132 valence electrons. The van der Waals surface area contributed by atoms with E-state index in [1.165, 1.54) is 0 Å². The van der Waals surface area contributed by atoms with Gasteiger partial charge in [0.1, 0.15) is 0 Å². The number of hydrazone groups is 1. The summed E-state index contributed by atoms with van der Waals surface area (Å²) < 4.78 is 3.99. The summed E-state index contributed by atoms with van der Waals surface area (Å²) in [6, 6.07) is 23.2. The first kappa shape index (κ1) is 16.6. The molecular weight excluding hydrogens is 336 g/mol. The van der Waals surface area contributed by atoms with Crippen LogP contribution in [0.2, 0.25) is 0 Å². The molecule has 0 fully saturated rings. The van der Waals surface area contributed by atoms with Crippen molar-refractivity contribution in [1.82, 2.24) is 14.6 Å². The van der Waals surface area contributed by atoms with E-state index in [4.69, 9.17) is 0 Å². The maximum Gasteiger partial charge on any atom is 0.271 e. The van der Waals surface area contributed by atoms with Gasteiger partial charge in [0.25, 0.3) is 5.91 Å². The lowest BCUT2D eigenvalue weighted by atomic mass is 10.2. The highest BCUT2D eigenvalue weighted by Gasteiger charge is 2.04. The fourth-order valence-electron chi connectivity index (χ4n) is 2.77. The molecule has 0 bridgehead atoms. The molecule has 27 heavy (non-hydrogen) atoms. The van der Waals surface area contributed by atoms with Crippen LogP contribution in [0.1, 0.15) is 15.9 Å². The number of rotatable bonds is 5. The molecule has 0 spiro atoms. The number of aromatic nitrogens is 2. The van der Waals surface area contributed by atoms with Gasteiger partial charge in [-0.2, -0.15) is 5.10 Å². The topological polar surface area (TPSA) is 51.3 Å². The molecular formula is C22H18N4O. The van der Waals surface area contributed by atoms with Crippen molar-refractivity contribution in [1.29, 1.82) is 0 Å². The number of benzene rings is 2. The maximum absolute atomic E-state index is 12.2. The minimum absolute atomic E-state index is 0.243. The lowest BCUT2D eigenvalue weighted by Gasteiger charge is -2.04. The molecule has 0 saturated heterocycles. The van der Waals surface area contributed by atoms with Gasteiger partial charge < -0.3 is 9.13 Å². The van der Waals surface area contributed by atoms with Crippen molar-refractivity contribution in [3.05, 3.63) is 109 Å². The van der Waals surface area contributed by atoms with Crippen molar-refractivity contribution < 1.29 is 4.79 Å². The Hall–Kier alpha value is -3.86. The number of amides is 1. The number of nitrogens with zero attached hydrogens (tertiary/aromatic N) is 3. The second-order valence-corrected chi connectivity index (χ2v) is 6.02. The number of para-hydroxylation sites is 1. The molecule has 0 aliphatic heterocycles. The standard InChI is InChI=1S/C22H18N4O/c27-22(19-8-10-21(11-9-19)25-13-4-5-14-25)24-23-16-18-12-15-26(17-18)20-6-2-1-3-7-20/h1-17H,(H,24,27)/b23-16+. The van der Waals surface area contributed by atoms with Crippen molar-refractivity contribution in [2.24, 2.45) is 5.10 Å². The van der Waals surface area contributed by atoms with Crippen LogP contribution in [-0.4, -0.2) is 21.3 Å². The maximum atomic E-state index is 12.2. The minimum Gasteiger partial charge on any atom is -0.324 e. The van der Waals surface area contributed by atoms with Gasteiger partial charge in [0, 0.05) is 47.3 Å². The molecule has 2 heterocycles. The van der Waals surface area contributed by atoms with Gasteiger partial charge in [0.05, 0.1) is 6.21 Å². The average molecular weight is 354 g/mol. The first-order chi connectivity index (χ1) is 13.3. The molecule has 0 aliphatic rings. The Kier molecular flexibility index (Phi) is 4.66. The van der Waals surface area contributed by atoms with Gasteiger partial charge in [-0.15, -0.1) is 0 Å². The van der Waals surface area contributed by atoms with Gasteiger partial charge in [-0.05, 0) is 54.6 Å². The number of carbonyl (C=O) groups excluding carboxylic acids is 1. The zero-order valence-corrected chi connectivity index (χ0v) is 14.6. The summed E-state index contributed by atoms with van der Waals surface area (Å²) in [6.45, 7) is 0. The van der Waals surface area contributed by atoms with Crippen molar-refractivity contribution >= 4 is 12.1 Å². The SMILES string of the molecule is O=C(N/N=C/c1ccn(-c2ccccc2)c1)c1ccc(-n2cccc2)cc1. The number of carbonyl (C=O) groups is 1. The van der Waals surface area contributed by atoms with E-state index in [2.05, 4.69) is 10.5 Å². The molecule has 4 rings (SSSR count). The highest BCUT2D eigenvalue weighted by molar-refractivity contribution is 5.95. The van der Waals surface area contributed by atoms with Crippen LogP contribution in [0.25, 0.3) is 11.4 Å². The number of nitrogens with one attached hydrogen (secondary N) is 1. The van der Waals surface area contributed by atoms with Gasteiger partial charge in [-0.25, -0.2) is 5.43 Å². The van der Waals surface area contributed by atoms with Crippen molar-refractivity contribution in [2.45, 2.75) is 0 Å². The van der Waals surface area contributed by atoms with Gasteiger partial charge in [-0.1, -0.05) is 18.2 Å². The summed E-state index contributed by atoms with van der Waals surface area (Å²) >= 11 is 0. The smallest absolute Gasteiger partial charge is 0.271 e. The Labute approximate surface area is 157 Å². The Morgan fingerprint density at radius 1 is 0.778 bits per heavy atom. The van der Waals surface area contributed by atoms with Crippen LogP contribution in [0, 0.1) is 0 Å². The molecule has 0 unspecified atom stereocenters. The average Bonchev–Trinajstić information content (AvgIpc) is 3.41. The van der Waals surface area contributed by atoms with Crippen LogP contribution in [-0.2, 0) is 0 Å². The Balaban J connectivity index is 1.38. The number of hydrogen-bond acceptors (Lipinski definition) is 2. The van der Waals surface area contributed by atoms with Gasteiger partial charge >= 0.3 is 0 Å². The van der Waals surface area contributed by atoms with Crippen LogP contribution < -0.4 is 5.43 Å². The molecule has 0 aliphatic carbocycles. The minimum atomic E-state index is -0.243. The fraction of sp³-hybridized carbons (Fsp3) is 0. The predicted molar refractivity (Wildman–Crippen MR) is 107 cm³/mol. The molecule has 0 saturated carbocycles. The first-order valence-electron chi connectivity index (χ1n) is 8.60. The Morgan fingerprint density at radius 2 is 1.48 bits per heavy atom. The van der Waals surface area contributed by atoms with E-state index in [0.29, 0.717) is 5.56 Å². The summed E-state index contributed by atoms with van der Waals surface area (Å²) in [5.74, 6) is -0.243. The zero-order valence-electron chi connectivity index (χ0n) is 14.6. The van der Waals surface area contributed by atoms with E-state index in [9.17, 15) is 4.79 Å². The molecule has 2 aromatic carbocycles. The third-order valence-electron chi connectivity index (χ3n) is 4.18. The fourth-order valence-corrected chi connectivity index (χ4v) is 2.77.